The van der Waals surface area contributed by atoms with Crippen LogP contribution in [0.3, 0.4) is 0 Å². The lowest BCUT2D eigenvalue weighted by molar-refractivity contribution is -2.00. The zero-order chi connectivity index (χ0) is 14.1. The van der Waals surface area contributed by atoms with Gasteiger partial charge in [0.25, 0.3) is 5.82 Å². The number of fused-ring (bicyclic) bond motifs is 1. The van der Waals surface area contributed by atoms with E-state index in [9.17, 15) is 0 Å². The van der Waals surface area contributed by atoms with Gasteiger partial charge in [-0.05, 0) is 12.1 Å². The van der Waals surface area contributed by atoms with Gasteiger partial charge < -0.3 is 0 Å². The van der Waals surface area contributed by atoms with E-state index in [1.54, 1.807) is 0 Å². The Kier molecular flexibility index (Phi) is 4.60. The zero-order valence-electron chi connectivity index (χ0n) is 10.1. The third-order valence-electron chi connectivity index (χ3n) is 2.66. The first-order chi connectivity index (χ1) is 8.13. The van der Waals surface area contributed by atoms with Crippen LogP contribution in [0.1, 0.15) is 5.82 Å². The molecule has 0 fully saturated rings. The van der Waals surface area contributed by atoms with E-state index in [1.165, 1.54) is 16.9 Å². The highest BCUT2D eigenvalue weighted by molar-refractivity contribution is 7.80. The first kappa shape index (κ1) is 15.2. The van der Waals surface area contributed by atoms with Crippen LogP contribution in [-0.4, -0.2) is 4.57 Å². The molecule has 0 aliphatic carbocycles. The first-order valence-electron chi connectivity index (χ1n) is 4.87. The van der Waals surface area contributed by atoms with Gasteiger partial charge in [0.1, 0.15) is 0 Å². The SMILES string of the molecule is Cc1n(C)c2cccc(S)c2[n+]1C.[O-][Cl+3]([O-])([O-])[O-]. The van der Waals surface area contributed by atoms with Gasteiger partial charge in [0.2, 0.25) is 0 Å². The lowest BCUT2D eigenvalue weighted by atomic mass is 10.3. The second kappa shape index (κ2) is 5.43. The number of aryl methyl sites for hydroxylation is 2. The average Bonchev–Trinajstić information content (AvgIpc) is 2.43. The third-order valence-corrected chi connectivity index (χ3v) is 3.02. The topological polar surface area (TPSA) is 101 Å². The van der Waals surface area contributed by atoms with Crippen LogP contribution in [-0.2, 0) is 14.1 Å². The number of rotatable bonds is 0. The van der Waals surface area contributed by atoms with Crippen molar-refractivity contribution < 1.29 is 33.4 Å². The lowest BCUT2D eigenvalue weighted by Gasteiger charge is -2.17. The molecule has 6 nitrogen and oxygen atoms in total. The molecule has 0 aliphatic rings. The maximum absolute atomic E-state index is 8.49. The molecule has 0 aliphatic heterocycles. The summed E-state index contributed by atoms with van der Waals surface area (Å²) in [4.78, 5) is 1.03. The van der Waals surface area contributed by atoms with Crippen LogP contribution >= 0.6 is 12.6 Å². The summed E-state index contributed by atoms with van der Waals surface area (Å²) in [5, 5.41) is 0. The van der Waals surface area contributed by atoms with E-state index < -0.39 is 10.2 Å². The Labute approximate surface area is 112 Å². The van der Waals surface area contributed by atoms with E-state index in [-0.39, 0.29) is 0 Å². The van der Waals surface area contributed by atoms with E-state index >= 15 is 0 Å². The van der Waals surface area contributed by atoms with Crippen LogP contribution in [0.5, 0.6) is 0 Å². The molecule has 2 aromatic rings. The second-order valence-electron chi connectivity index (χ2n) is 3.69. The van der Waals surface area contributed by atoms with Crippen molar-refractivity contribution in [3.8, 4) is 0 Å². The lowest BCUT2D eigenvalue weighted by Crippen LogP contribution is -2.68. The van der Waals surface area contributed by atoms with Gasteiger partial charge in [-0.25, -0.2) is 27.8 Å². The number of aromatic nitrogens is 2. The molecule has 18 heavy (non-hydrogen) atoms. The van der Waals surface area contributed by atoms with Crippen molar-refractivity contribution in [2.75, 3.05) is 0 Å². The molecule has 0 radical (unpaired) electrons. The summed E-state index contributed by atoms with van der Waals surface area (Å²) in [6.07, 6.45) is 0. The van der Waals surface area contributed by atoms with Gasteiger partial charge >= 0.3 is 0 Å². The largest absolute Gasteiger partial charge is 0.253 e. The molecule has 1 aromatic carbocycles. The van der Waals surface area contributed by atoms with Crippen molar-refractivity contribution in [2.45, 2.75) is 11.8 Å². The van der Waals surface area contributed by atoms with Gasteiger partial charge in [0.05, 0.1) is 19.0 Å². The van der Waals surface area contributed by atoms with E-state index in [0.29, 0.717) is 0 Å². The number of benzene rings is 1. The quantitative estimate of drug-likeness (QED) is 0.409. The molecule has 0 amide bonds. The van der Waals surface area contributed by atoms with E-state index in [4.69, 9.17) is 18.6 Å². The second-order valence-corrected chi connectivity index (χ2v) is 4.93. The highest BCUT2D eigenvalue weighted by Crippen LogP contribution is 2.19. The molecule has 0 saturated heterocycles. The number of thiol groups is 1. The molecule has 1 aromatic heterocycles. The van der Waals surface area contributed by atoms with Crippen LogP contribution < -0.4 is 23.2 Å². The highest BCUT2D eigenvalue weighted by atomic mass is 35.7. The Hall–Kier alpha value is -0.830. The highest BCUT2D eigenvalue weighted by Gasteiger charge is 2.17. The Morgan fingerprint density at radius 2 is 1.72 bits per heavy atom. The summed E-state index contributed by atoms with van der Waals surface area (Å²) in [6, 6.07) is 6.16. The van der Waals surface area contributed by atoms with Crippen LogP contribution in [0, 0.1) is 17.2 Å². The van der Waals surface area contributed by atoms with Gasteiger partial charge in [0, 0.05) is 6.92 Å². The molecule has 0 bridgehead atoms. The summed E-state index contributed by atoms with van der Waals surface area (Å²) in [5.74, 6) is 1.23. The minimum atomic E-state index is -4.94. The standard InChI is InChI=1S/C10H12N2S.ClHO4/c1-7-11(2)8-5-4-6-9(13)10(8)12(7)3;2-1(3,4)5/h4-6H,1-3H3;(H,2,3,4,5). The van der Waals surface area contributed by atoms with Crippen molar-refractivity contribution in [1.29, 1.82) is 0 Å². The van der Waals surface area contributed by atoms with Crippen molar-refractivity contribution in [2.24, 2.45) is 14.1 Å². The number of para-hydroxylation sites is 1. The van der Waals surface area contributed by atoms with Crippen LogP contribution in [0.4, 0.5) is 0 Å². The molecule has 8 heteroatoms. The van der Waals surface area contributed by atoms with Crippen molar-refractivity contribution in [1.82, 2.24) is 4.57 Å². The van der Waals surface area contributed by atoms with Crippen molar-refractivity contribution in [3.63, 3.8) is 0 Å². The molecule has 0 unspecified atom stereocenters. The molecule has 0 saturated carbocycles. The smallest absolute Gasteiger partial charge is 0.230 e. The van der Waals surface area contributed by atoms with Crippen LogP contribution in [0.15, 0.2) is 23.1 Å². The molecule has 1 heterocycles. The molecule has 100 valence electrons. The molecule has 2 rings (SSSR count). The van der Waals surface area contributed by atoms with E-state index in [1.807, 2.05) is 12.1 Å². The number of hydrogen-bond acceptors (Lipinski definition) is 5. The van der Waals surface area contributed by atoms with Crippen LogP contribution in [0.25, 0.3) is 11.0 Å². The number of imidazole rings is 1. The zero-order valence-corrected chi connectivity index (χ0v) is 11.7. The predicted molar refractivity (Wildman–Crippen MR) is 56.1 cm³/mol. The summed E-state index contributed by atoms with van der Waals surface area (Å²) in [5.41, 5.74) is 2.43. The molecule has 0 N–H and O–H groups in total. The maximum atomic E-state index is 8.49. The van der Waals surface area contributed by atoms with Gasteiger partial charge in [0.15, 0.2) is 11.0 Å². The number of hydrogen-bond donors (Lipinski definition) is 1. The maximum Gasteiger partial charge on any atom is 0.253 e. The summed E-state index contributed by atoms with van der Waals surface area (Å²) >= 11 is 4.45. The Bertz CT molecular complexity index is 559. The minimum absolute atomic E-state index is 1.03. The van der Waals surface area contributed by atoms with Gasteiger partial charge in [-0.2, -0.15) is 0 Å². The van der Waals surface area contributed by atoms with E-state index in [2.05, 4.69) is 48.8 Å². The van der Waals surface area contributed by atoms with Gasteiger partial charge in [-0.1, -0.05) is 6.07 Å². The normalized spacial score (nSPS) is 11.3. The number of nitrogens with zero attached hydrogens (tertiary/aromatic N) is 2. The summed E-state index contributed by atoms with van der Waals surface area (Å²) in [6.45, 7) is 2.10. The molecular formula is C10H13ClN2O4S. The Balaban J connectivity index is 0.000000280. The number of halogens is 1. The molecule has 0 atom stereocenters. The van der Waals surface area contributed by atoms with Crippen molar-refractivity contribution in [3.05, 3.63) is 24.0 Å². The Morgan fingerprint density at radius 1 is 1.22 bits per heavy atom. The molecular weight excluding hydrogens is 280 g/mol. The fourth-order valence-electron chi connectivity index (χ4n) is 1.69. The van der Waals surface area contributed by atoms with Crippen LogP contribution in [0.2, 0.25) is 0 Å². The fraction of sp³-hybridized carbons (Fsp3) is 0.300. The summed E-state index contributed by atoms with van der Waals surface area (Å²) < 4.78 is 38.3. The third kappa shape index (κ3) is 3.58. The average molecular weight is 293 g/mol. The minimum Gasteiger partial charge on any atom is -0.230 e. The van der Waals surface area contributed by atoms with E-state index in [0.717, 1.165) is 4.90 Å². The molecule has 0 spiro atoms. The Morgan fingerprint density at radius 3 is 2.17 bits per heavy atom. The summed E-state index contributed by atoms with van der Waals surface area (Å²) in [7, 11) is -0.803. The van der Waals surface area contributed by atoms with Gasteiger partial charge in [-0.15, -0.1) is 22.9 Å². The predicted octanol–water partition coefficient (Wildman–Crippen LogP) is -3.16. The first-order valence-corrected chi connectivity index (χ1v) is 6.56. The van der Waals surface area contributed by atoms with Crippen molar-refractivity contribution >= 4 is 23.7 Å². The monoisotopic (exact) mass is 292 g/mol. The van der Waals surface area contributed by atoms with Gasteiger partial charge in [-0.3, -0.25) is 0 Å². The fourth-order valence-corrected chi connectivity index (χ4v) is 2.05.